The molecule has 0 aliphatic carbocycles. The molecule has 0 fully saturated rings. The molecule has 3 aromatic carbocycles. The van der Waals surface area contributed by atoms with Crippen LogP contribution in [0, 0.1) is 6.92 Å². The number of aryl methyl sites for hydroxylation is 1. The van der Waals surface area contributed by atoms with Gasteiger partial charge in [-0.25, -0.2) is 0 Å². The molecule has 0 aliphatic rings. The zero-order chi connectivity index (χ0) is 27.0. The van der Waals surface area contributed by atoms with Crippen LogP contribution in [0.3, 0.4) is 0 Å². The minimum Gasteiger partial charge on any atom is -0.342 e. The first-order valence-electron chi connectivity index (χ1n) is 12.4. The number of nitrogens with one attached hydrogen (secondary N) is 3. The summed E-state index contributed by atoms with van der Waals surface area (Å²) < 4.78 is 0. The number of rotatable bonds is 11. The zero-order valence-corrected chi connectivity index (χ0v) is 21.9. The minimum absolute atomic E-state index is 0.261. The number of fused-ring (bicyclic) bond motifs is 1. The van der Waals surface area contributed by atoms with Crippen LogP contribution in [-0.4, -0.2) is 36.0 Å². The monoisotopic (exact) mass is 500 g/mol. The van der Waals surface area contributed by atoms with Crippen molar-refractivity contribution in [1.82, 2.24) is 16.0 Å². The number of benzene rings is 3. The second kappa shape index (κ2) is 12.3. The van der Waals surface area contributed by atoms with Crippen molar-refractivity contribution in [2.75, 3.05) is 0 Å². The fourth-order valence-corrected chi connectivity index (χ4v) is 4.29. The van der Waals surface area contributed by atoms with Crippen LogP contribution in [0.5, 0.6) is 0 Å². The number of hydrogen-bond donors (Lipinski definition) is 4. The van der Waals surface area contributed by atoms with Gasteiger partial charge in [0.1, 0.15) is 12.2 Å². The van der Waals surface area contributed by atoms with Gasteiger partial charge in [-0.1, -0.05) is 72.8 Å². The lowest BCUT2D eigenvalue weighted by Crippen LogP contribution is -2.58. The van der Waals surface area contributed by atoms with E-state index in [1.54, 1.807) is 13.8 Å². The predicted octanol–water partition coefficient (Wildman–Crippen LogP) is 3.59. The Kier molecular flexibility index (Phi) is 9.20. The lowest BCUT2D eigenvalue weighted by Gasteiger charge is -2.27. The summed E-state index contributed by atoms with van der Waals surface area (Å²) in [4.78, 5) is 37.8. The summed E-state index contributed by atoms with van der Waals surface area (Å²) >= 11 is 0. The smallest absolute Gasteiger partial charge is 0.244 e. The van der Waals surface area contributed by atoms with Gasteiger partial charge in [0, 0.05) is 12.8 Å². The second-order valence-electron chi connectivity index (χ2n) is 9.77. The Morgan fingerprint density at radius 2 is 1.65 bits per heavy atom. The maximum Gasteiger partial charge on any atom is 0.244 e. The van der Waals surface area contributed by atoms with Crippen molar-refractivity contribution in [2.24, 2.45) is 5.73 Å². The molecule has 194 valence electrons. The zero-order valence-electron chi connectivity index (χ0n) is 21.9. The van der Waals surface area contributed by atoms with Gasteiger partial charge in [-0.2, -0.15) is 0 Å². The lowest BCUT2D eigenvalue weighted by molar-refractivity contribution is -0.131. The average Bonchev–Trinajstić information content (AvgIpc) is 2.87. The Hall–Kier alpha value is -3.97. The normalized spacial score (nSPS) is 13.5. The molecule has 0 aliphatic heterocycles. The van der Waals surface area contributed by atoms with E-state index in [1.165, 1.54) is 0 Å². The fraction of sp³-hybridized carbons (Fsp3) is 0.300. The van der Waals surface area contributed by atoms with E-state index in [0.29, 0.717) is 12.8 Å². The third-order valence-electron chi connectivity index (χ3n) is 6.36. The molecule has 0 bridgehead atoms. The Bertz CT molecular complexity index is 1290. The van der Waals surface area contributed by atoms with E-state index in [2.05, 4.69) is 16.0 Å². The van der Waals surface area contributed by atoms with Crippen LogP contribution < -0.4 is 21.7 Å². The molecular weight excluding hydrogens is 464 g/mol. The van der Waals surface area contributed by atoms with Crippen LogP contribution in [0.4, 0.5) is 0 Å². The molecule has 0 radical (unpaired) electrons. The fourth-order valence-electron chi connectivity index (χ4n) is 4.29. The molecule has 7 nitrogen and oxygen atoms in total. The van der Waals surface area contributed by atoms with Crippen molar-refractivity contribution in [3.63, 3.8) is 0 Å². The molecule has 0 heterocycles. The van der Waals surface area contributed by atoms with Gasteiger partial charge in [0.15, 0.2) is 0 Å². The topological polar surface area (TPSA) is 113 Å². The molecular formula is C30H36N4O3. The minimum atomic E-state index is -1.17. The number of carbonyl (C=O) groups is 3. The van der Waals surface area contributed by atoms with Crippen LogP contribution in [-0.2, 0) is 20.8 Å². The summed E-state index contributed by atoms with van der Waals surface area (Å²) in [6, 6.07) is 20.8. The van der Waals surface area contributed by atoms with E-state index in [4.69, 9.17) is 5.73 Å². The molecule has 0 spiro atoms. The molecule has 2 atom stereocenters. The standard InChI is InChI=1S/C30H36N4O3/c1-5-21(24-15-8-6-11-20(24)2)18-27(32-19-35)34-28(36)26(33-29(37)30(3,4)31)17-23-14-10-13-22-12-7-9-16-25(22)23/h5-16,19,26-27H,17-18,31H2,1-4H3,(H,32,35)(H,33,37)(H,34,36)/b21-5-/t26-,27-/m1/s1. The molecule has 5 N–H and O–H groups in total. The second-order valence-corrected chi connectivity index (χ2v) is 9.77. The van der Waals surface area contributed by atoms with Crippen LogP contribution in [0.15, 0.2) is 72.8 Å². The Balaban J connectivity index is 1.87. The Labute approximate surface area is 218 Å². The van der Waals surface area contributed by atoms with Crippen molar-refractivity contribution >= 4 is 34.6 Å². The SMILES string of the molecule is C/C=C(/C[C@H](NC=O)NC(=O)[C@@H](Cc1cccc2ccccc12)NC(=O)C(C)(C)N)c1ccccc1C. The Morgan fingerprint density at radius 3 is 2.32 bits per heavy atom. The molecule has 3 rings (SSSR count). The molecule has 0 saturated heterocycles. The summed E-state index contributed by atoms with van der Waals surface area (Å²) in [7, 11) is 0. The van der Waals surface area contributed by atoms with Crippen molar-refractivity contribution in [1.29, 1.82) is 0 Å². The average molecular weight is 501 g/mol. The summed E-state index contributed by atoms with van der Waals surface area (Å²) in [5.41, 5.74) is 8.89. The van der Waals surface area contributed by atoms with Crippen molar-refractivity contribution in [2.45, 2.75) is 58.3 Å². The highest BCUT2D eigenvalue weighted by atomic mass is 16.2. The van der Waals surface area contributed by atoms with Gasteiger partial charge in [0.2, 0.25) is 18.2 Å². The maximum atomic E-state index is 13.6. The summed E-state index contributed by atoms with van der Waals surface area (Å²) in [5, 5.41) is 10.5. The van der Waals surface area contributed by atoms with Crippen molar-refractivity contribution < 1.29 is 14.4 Å². The van der Waals surface area contributed by atoms with E-state index in [-0.39, 0.29) is 6.42 Å². The van der Waals surface area contributed by atoms with Gasteiger partial charge in [0.25, 0.3) is 0 Å². The third-order valence-corrected chi connectivity index (χ3v) is 6.36. The highest BCUT2D eigenvalue weighted by molar-refractivity contribution is 5.93. The highest BCUT2D eigenvalue weighted by Crippen LogP contribution is 2.23. The number of carbonyl (C=O) groups excluding carboxylic acids is 3. The quantitative estimate of drug-likeness (QED) is 0.238. The first kappa shape index (κ1) is 27.6. The van der Waals surface area contributed by atoms with Crippen molar-refractivity contribution in [3.05, 3.63) is 89.5 Å². The molecule has 0 aromatic heterocycles. The maximum absolute atomic E-state index is 13.6. The molecule has 0 saturated carbocycles. The summed E-state index contributed by atoms with van der Waals surface area (Å²) in [5.74, 6) is -0.855. The summed E-state index contributed by atoms with van der Waals surface area (Å²) in [6.45, 7) is 7.12. The van der Waals surface area contributed by atoms with Crippen LogP contribution in [0.2, 0.25) is 0 Å². The van der Waals surface area contributed by atoms with E-state index in [0.717, 1.165) is 33.0 Å². The molecule has 7 heteroatoms. The van der Waals surface area contributed by atoms with Gasteiger partial charge in [-0.3, -0.25) is 14.4 Å². The van der Waals surface area contributed by atoms with Gasteiger partial charge < -0.3 is 21.7 Å². The van der Waals surface area contributed by atoms with E-state index in [1.807, 2.05) is 86.7 Å². The molecule has 37 heavy (non-hydrogen) atoms. The lowest BCUT2D eigenvalue weighted by atomic mass is 9.96. The first-order valence-corrected chi connectivity index (χ1v) is 12.4. The first-order chi connectivity index (χ1) is 17.6. The van der Waals surface area contributed by atoms with Gasteiger partial charge in [-0.15, -0.1) is 0 Å². The van der Waals surface area contributed by atoms with Crippen molar-refractivity contribution in [3.8, 4) is 0 Å². The predicted molar refractivity (Wildman–Crippen MR) is 148 cm³/mol. The molecule has 3 amide bonds. The van der Waals surface area contributed by atoms with Gasteiger partial charge in [0.05, 0.1) is 5.54 Å². The number of nitrogens with two attached hydrogens (primary N) is 1. The van der Waals surface area contributed by atoms with Crippen LogP contribution >= 0.6 is 0 Å². The van der Waals surface area contributed by atoms with E-state index < -0.39 is 29.6 Å². The summed E-state index contributed by atoms with van der Waals surface area (Å²) in [6.07, 6.45) is 2.51. The Morgan fingerprint density at radius 1 is 0.973 bits per heavy atom. The van der Waals surface area contributed by atoms with Gasteiger partial charge >= 0.3 is 0 Å². The molecule has 0 unspecified atom stereocenters. The molecule has 3 aromatic rings. The van der Waals surface area contributed by atoms with E-state index in [9.17, 15) is 14.4 Å². The van der Waals surface area contributed by atoms with Crippen LogP contribution in [0.1, 0.15) is 43.9 Å². The van der Waals surface area contributed by atoms with Gasteiger partial charge in [-0.05, 0) is 60.7 Å². The third kappa shape index (κ3) is 7.27. The number of allylic oxidation sites excluding steroid dienone is 1. The largest absolute Gasteiger partial charge is 0.342 e. The number of hydrogen-bond acceptors (Lipinski definition) is 4. The van der Waals surface area contributed by atoms with Crippen LogP contribution in [0.25, 0.3) is 16.3 Å². The number of amides is 3. The van der Waals surface area contributed by atoms with E-state index >= 15 is 0 Å². The highest BCUT2D eigenvalue weighted by Gasteiger charge is 2.30.